The number of carbonyl (C=O) groups excluding carboxylic acids is 9. The lowest BCUT2D eigenvalue weighted by molar-refractivity contribution is -0.267. The van der Waals surface area contributed by atoms with E-state index in [9.17, 15) is 38.4 Å². The van der Waals surface area contributed by atoms with E-state index in [-0.39, 0.29) is 33.5 Å². The molecule has 0 spiro atoms. The number of carbonyl (C=O) groups is 9. The quantitative estimate of drug-likeness (QED) is 0.0447. The molecule has 6 aromatic rings. The number of esters is 8. The third-order valence-corrected chi connectivity index (χ3v) is 13.8. The minimum atomic E-state index is -2.14. The molecule has 8 rings (SSSR count). The highest BCUT2D eigenvalue weighted by molar-refractivity contribution is 6.27. The summed E-state index contributed by atoms with van der Waals surface area (Å²) in [6, 6.07) is 19.6. The number of aromatic nitrogens is 2. The zero-order valence-electron chi connectivity index (χ0n) is 53.2. The molecule has 0 bridgehead atoms. The minimum absolute atomic E-state index is 0.0448. The number of rotatable bonds is 18. The first-order chi connectivity index (χ1) is 44.2. The van der Waals surface area contributed by atoms with Crippen molar-refractivity contribution in [2.45, 2.75) is 143 Å². The number of halogens is 2. The molecular weight excluding hydrogens is 1100 g/mol. The molecule has 444 valence electrons. The summed E-state index contributed by atoms with van der Waals surface area (Å²) >= 11 is 0. The van der Waals surface area contributed by atoms with Crippen LogP contribution in [-0.2, 0) is 98.6 Å². The molecule has 2 fully saturated rings. The maximum absolute atomic E-state index is 17.8. The Hall–Kier alpha value is -8.83. The molecule has 0 saturated carbocycles. The molecule has 2 saturated heterocycles. The molecule has 4 aromatic carbocycles. The molecule has 2 unspecified atom stereocenters. The largest absolute Gasteiger partial charge is 0.463 e. The summed E-state index contributed by atoms with van der Waals surface area (Å²) in [4.78, 5) is 123. The number of ketones is 1. The van der Waals surface area contributed by atoms with Gasteiger partial charge in [-0.3, -0.25) is 43.2 Å². The van der Waals surface area contributed by atoms with Crippen LogP contribution in [0, 0.1) is 11.6 Å². The van der Waals surface area contributed by atoms with Gasteiger partial charge in [0.25, 0.3) is 0 Å². The van der Waals surface area contributed by atoms with Gasteiger partial charge >= 0.3 is 47.8 Å². The summed E-state index contributed by atoms with van der Waals surface area (Å²) in [5.41, 5.74) is -0.943. The van der Waals surface area contributed by atoms with Crippen LogP contribution in [0.4, 0.5) is 8.78 Å². The number of nitrogens with zero attached hydrogens (tertiary/aromatic N) is 2. The van der Waals surface area contributed by atoms with Crippen molar-refractivity contribution >= 4 is 75.3 Å². The van der Waals surface area contributed by atoms with E-state index in [2.05, 4.69) is 0 Å². The van der Waals surface area contributed by atoms with E-state index in [1.165, 1.54) is 48.5 Å². The van der Waals surface area contributed by atoms with Gasteiger partial charge in [-0.1, -0.05) is 74.5 Å². The fraction of sp³-hybridized carbons (Fsp3) is 0.393. The highest BCUT2D eigenvalue weighted by atomic mass is 19.1. The van der Waals surface area contributed by atoms with Crippen molar-refractivity contribution in [2.75, 3.05) is 13.2 Å². The standard InChI is InChI=1S/C61H62F2N2O19/c1-11-37-19-23-39(24-20-37)51-49(47-41(62)15-13-17-43(47)64(51)60-58(81-35(9)72)56(79-33(7)70)54(77-31(5)68)45(83-60)27-75-29(3)66)53(74)50-48-42(63)16-14-18-44(48)65(52(50)40-25-21-38(12-2)22-26-40)61-59(82-36(10)73)57(80-34(8)71)55(78-32(6)69)46(84-61)28-76-30(4)67/h13-26,45-46,54-61H,11-12,27-28H2,1-10H3/t45-,46-,54-,55-,56+,57+,58-,59-,60?,61?/m1/s1/i3D,4D,5D,6D,7D,8D,9D,10D. The lowest BCUT2D eigenvalue weighted by Crippen LogP contribution is -2.60. The SMILES string of the molecule is [2H]CC(=O)OC[C@H]1OC(n2c(-c3ccc(CC)cc3)c(C(=O)c3c(-c4ccc(CC)cc4)n(C4O[C@H](COC(=O)C[2H])[C@@H](OC(=O)C[2H])[C@H](OC(=O)C[2H])[C@H]4OC(=O)C[2H])c4cccc(F)c34)c3c(F)cccc32)[C@H](OC(=O)C[2H])[C@@H](OC(=O)C[2H])[C@@H]1OC(=O)C[2H]. The van der Waals surface area contributed by atoms with Crippen molar-refractivity contribution in [3.8, 4) is 22.5 Å². The van der Waals surface area contributed by atoms with E-state index < -0.39 is 217 Å². The summed E-state index contributed by atoms with van der Waals surface area (Å²) in [5, 5.41) is -1.11. The molecule has 84 heavy (non-hydrogen) atoms. The van der Waals surface area contributed by atoms with E-state index >= 15 is 13.6 Å². The molecular formula is C61H62F2N2O19. The van der Waals surface area contributed by atoms with E-state index in [0.29, 0.717) is 12.8 Å². The molecule has 2 aromatic heterocycles. The zero-order chi connectivity index (χ0) is 66.7. The molecule has 0 radical (unpaired) electrons. The van der Waals surface area contributed by atoms with Crippen molar-refractivity contribution in [1.82, 2.24) is 9.13 Å². The lowest BCUT2D eigenvalue weighted by Gasteiger charge is -2.45. The van der Waals surface area contributed by atoms with Crippen molar-refractivity contribution in [3.05, 3.63) is 119 Å². The van der Waals surface area contributed by atoms with Crippen molar-refractivity contribution in [2.24, 2.45) is 0 Å². The van der Waals surface area contributed by atoms with Gasteiger partial charge < -0.3 is 56.5 Å². The van der Waals surface area contributed by atoms with Crippen LogP contribution in [0.25, 0.3) is 44.3 Å². The van der Waals surface area contributed by atoms with Crippen molar-refractivity contribution in [3.63, 3.8) is 0 Å². The number of hydrogen-bond donors (Lipinski definition) is 0. The number of ether oxygens (including phenoxy) is 10. The average molecular weight is 1170 g/mol. The Morgan fingerprint density at radius 3 is 1.08 bits per heavy atom. The first kappa shape index (κ1) is 50.9. The van der Waals surface area contributed by atoms with Gasteiger partial charge in [0.1, 0.15) is 37.1 Å². The van der Waals surface area contributed by atoms with Crippen LogP contribution < -0.4 is 0 Å². The zero-order valence-corrected chi connectivity index (χ0v) is 45.2. The van der Waals surface area contributed by atoms with E-state index in [1.807, 2.05) is 13.8 Å². The Morgan fingerprint density at radius 2 is 0.762 bits per heavy atom. The lowest BCUT2D eigenvalue weighted by atomic mass is 9.92. The summed E-state index contributed by atoms with van der Waals surface area (Å²) in [7, 11) is 0. The molecule has 23 heteroatoms. The van der Waals surface area contributed by atoms with Gasteiger partial charge in [0.15, 0.2) is 54.9 Å². The van der Waals surface area contributed by atoms with Gasteiger partial charge in [-0.05, 0) is 59.4 Å². The second kappa shape index (κ2) is 25.8. The topological polar surface area (TPSA) is 256 Å². The van der Waals surface area contributed by atoms with Gasteiger partial charge in [0, 0.05) is 76.9 Å². The molecule has 4 heterocycles. The van der Waals surface area contributed by atoms with E-state index in [4.69, 9.17) is 58.3 Å². The minimum Gasteiger partial charge on any atom is -0.463 e. The Bertz CT molecular complexity index is 3500. The molecule has 21 nitrogen and oxygen atoms in total. The van der Waals surface area contributed by atoms with Crippen LogP contribution in [-0.4, -0.2) is 125 Å². The summed E-state index contributed by atoms with van der Waals surface area (Å²) in [6.45, 7) is -6.65. The van der Waals surface area contributed by atoms with Gasteiger partial charge in [-0.15, -0.1) is 0 Å². The van der Waals surface area contributed by atoms with Gasteiger partial charge in [0.05, 0.1) is 33.5 Å². The maximum Gasteiger partial charge on any atom is 0.303 e. The van der Waals surface area contributed by atoms with Gasteiger partial charge in [0.2, 0.25) is 0 Å². The second-order valence-corrected chi connectivity index (χ2v) is 19.1. The molecule has 0 amide bonds. The molecule has 2 aliphatic heterocycles. The Morgan fingerprint density at radius 1 is 0.440 bits per heavy atom. The van der Waals surface area contributed by atoms with Crippen LogP contribution in [0.3, 0.4) is 0 Å². The van der Waals surface area contributed by atoms with Crippen LogP contribution in [0.1, 0.15) is 120 Å². The number of hydrogen-bond acceptors (Lipinski definition) is 19. The number of benzene rings is 4. The van der Waals surface area contributed by atoms with Gasteiger partial charge in [-0.25, -0.2) is 8.78 Å². The average Bonchev–Trinajstić information content (AvgIpc) is 1.54. The summed E-state index contributed by atoms with van der Waals surface area (Å²) < 4.78 is 159. The van der Waals surface area contributed by atoms with Crippen LogP contribution in [0.15, 0.2) is 84.9 Å². The van der Waals surface area contributed by atoms with Crippen LogP contribution in [0.5, 0.6) is 0 Å². The van der Waals surface area contributed by atoms with E-state index in [0.717, 1.165) is 32.4 Å². The predicted molar refractivity (Wildman–Crippen MR) is 291 cm³/mol. The molecule has 2 aliphatic rings. The highest BCUT2D eigenvalue weighted by Crippen LogP contribution is 2.49. The third-order valence-electron chi connectivity index (χ3n) is 13.8. The van der Waals surface area contributed by atoms with Crippen molar-refractivity contribution < 1.29 is 110 Å². The van der Waals surface area contributed by atoms with E-state index in [1.54, 1.807) is 24.3 Å². The maximum atomic E-state index is 17.8. The Labute approximate surface area is 491 Å². The van der Waals surface area contributed by atoms with Crippen molar-refractivity contribution in [1.29, 1.82) is 0 Å². The summed E-state index contributed by atoms with van der Waals surface area (Å²) in [6.07, 6.45) is -19.4. The normalized spacial score (nSPS) is 23.3. The monoisotopic (exact) mass is 1170 g/mol. The smallest absolute Gasteiger partial charge is 0.303 e. The first-order valence-electron chi connectivity index (χ1n) is 31.4. The molecule has 0 aliphatic carbocycles. The molecule has 0 N–H and O–H groups in total. The van der Waals surface area contributed by atoms with Gasteiger partial charge in [-0.2, -0.15) is 0 Å². The first-order valence-corrected chi connectivity index (χ1v) is 25.8. The predicted octanol–water partition coefficient (Wildman–Crippen LogP) is 8.08. The number of fused-ring (bicyclic) bond motifs is 2. The molecule has 10 atom stereocenters. The Balaban J connectivity index is 1.54. The Kier molecular flexibility index (Phi) is 15.6. The van der Waals surface area contributed by atoms with Crippen LogP contribution >= 0.6 is 0 Å². The van der Waals surface area contributed by atoms with Crippen LogP contribution in [0.2, 0.25) is 0 Å². The number of aryl methyl sites for hydroxylation is 2. The highest BCUT2D eigenvalue weighted by Gasteiger charge is 2.56. The second-order valence-electron chi connectivity index (χ2n) is 19.1. The summed E-state index contributed by atoms with van der Waals surface area (Å²) in [5.74, 6) is -13.7. The fourth-order valence-corrected chi connectivity index (χ4v) is 10.6. The third kappa shape index (κ3) is 12.7. The fourth-order valence-electron chi connectivity index (χ4n) is 10.6.